The highest BCUT2D eigenvalue weighted by Crippen LogP contribution is 2.16. The van der Waals surface area contributed by atoms with E-state index in [1.165, 1.54) is 186 Å². The molecule has 0 atom stereocenters. The zero-order valence-electron chi connectivity index (χ0n) is 24.2. The summed E-state index contributed by atoms with van der Waals surface area (Å²) in [7, 11) is 0. The van der Waals surface area contributed by atoms with Crippen LogP contribution in [0.15, 0.2) is 0 Å². The fourth-order valence-corrected chi connectivity index (χ4v) is 5.35. The molecule has 0 amide bonds. The molecule has 0 spiro atoms. The Kier molecular flexibility index (Phi) is 33.8. The lowest BCUT2D eigenvalue weighted by atomic mass is 10.0. The molecule has 2 N–H and O–H groups in total. The van der Waals surface area contributed by atoms with Crippen molar-refractivity contribution in [1.29, 1.82) is 0 Å². The van der Waals surface area contributed by atoms with E-state index in [-0.39, 0.29) is 0 Å². The Morgan fingerprint density at radius 1 is 0.143 bits per heavy atom. The molecule has 0 aromatic heterocycles. The standard InChI is InChI=1S/C33H68O2/c34-32-30-28-26-24-22-20-18-16-14-12-10-8-6-4-2-1-3-5-7-9-11-13-15-17-19-21-23-25-27-29-31-33-35/h34-35H,1-33H2. The van der Waals surface area contributed by atoms with Crippen molar-refractivity contribution in [3.8, 4) is 0 Å². The number of hydrogen-bond donors (Lipinski definition) is 2. The minimum absolute atomic E-state index is 0.371. The fraction of sp³-hybridized carbons (Fsp3) is 1.00. The first kappa shape index (κ1) is 34.9. The molecule has 0 aliphatic rings. The fourth-order valence-electron chi connectivity index (χ4n) is 5.35. The monoisotopic (exact) mass is 497 g/mol. The minimum Gasteiger partial charge on any atom is -0.396 e. The molecule has 0 radical (unpaired) electrons. The van der Waals surface area contributed by atoms with Gasteiger partial charge in [-0.1, -0.05) is 186 Å². The third kappa shape index (κ3) is 33.9. The van der Waals surface area contributed by atoms with E-state index in [2.05, 4.69) is 0 Å². The van der Waals surface area contributed by atoms with Crippen molar-refractivity contribution >= 4 is 0 Å². The quantitative estimate of drug-likeness (QED) is 0.0909. The van der Waals surface area contributed by atoms with Gasteiger partial charge in [0.1, 0.15) is 0 Å². The molecule has 0 bridgehead atoms. The topological polar surface area (TPSA) is 40.5 Å². The Morgan fingerprint density at radius 3 is 0.314 bits per heavy atom. The maximum atomic E-state index is 8.77. The molecule has 0 aliphatic carbocycles. The van der Waals surface area contributed by atoms with Gasteiger partial charge in [-0.25, -0.2) is 0 Å². The Labute approximate surface area is 222 Å². The molecule has 0 rings (SSSR count). The predicted octanol–water partition coefficient (Wildman–Crippen LogP) is 11.1. The van der Waals surface area contributed by atoms with Crippen molar-refractivity contribution in [1.82, 2.24) is 0 Å². The number of hydrogen-bond acceptors (Lipinski definition) is 2. The summed E-state index contributed by atoms with van der Waals surface area (Å²) in [5.41, 5.74) is 0. The summed E-state index contributed by atoms with van der Waals surface area (Å²) >= 11 is 0. The van der Waals surface area contributed by atoms with Crippen LogP contribution in [0.5, 0.6) is 0 Å². The largest absolute Gasteiger partial charge is 0.396 e. The lowest BCUT2D eigenvalue weighted by Crippen LogP contribution is -1.85. The number of unbranched alkanes of at least 4 members (excludes halogenated alkanes) is 30. The first-order valence-corrected chi connectivity index (χ1v) is 16.6. The van der Waals surface area contributed by atoms with Crippen LogP contribution in [0.4, 0.5) is 0 Å². The summed E-state index contributed by atoms with van der Waals surface area (Å²) in [4.78, 5) is 0. The van der Waals surface area contributed by atoms with Crippen LogP contribution in [-0.2, 0) is 0 Å². The molecule has 35 heavy (non-hydrogen) atoms. The van der Waals surface area contributed by atoms with E-state index in [1.807, 2.05) is 0 Å². The van der Waals surface area contributed by atoms with Gasteiger partial charge in [-0.2, -0.15) is 0 Å². The van der Waals surface area contributed by atoms with Gasteiger partial charge >= 0.3 is 0 Å². The maximum Gasteiger partial charge on any atom is 0.0431 e. The Hall–Kier alpha value is -0.0800. The summed E-state index contributed by atoms with van der Waals surface area (Å²) in [5, 5.41) is 17.5. The highest BCUT2D eigenvalue weighted by atomic mass is 16.3. The molecular weight excluding hydrogens is 428 g/mol. The van der Waals surface area contributed by atoms with E-state index >= 15 is 0 Å². The van der Waals surface area contributed by atoms with Gasteiger partial charge in [-0.05, 0) is 12.8 Å². The molecule has 0 heterocycles. The average Bonchev–Trinajstić information content (AvgIpc) is 2.87. The Bertz CT molecular complexity index is 312. The first-order chi connectivity index (χ1) is 17.4. The summed E-state index contributed by atoms with van der Waals surface area (Å²) < 4.78 is 0. The molecular formula is C33H68O2. The van der Waals surface area contributed by atoms with Crippen LogP contribution < -0.4 is 0 Å². The minimum atomic E-state index is 0.371. The van der Waals surface area contributed by atoms with Crippen LogP contribution in [0, 0.1) is 0 Å². The van der Waals surface area contributed by atoms with Gasteiger partial charge in [0.05, 0.1) is 0 Å². The van der Waals surface area contributed by atoms with Crippen molar-refractivity contribution in [3.63, 3.8) is 0 Å². The van der Waals surface area contributed by atoms with Crippen molar-refractivity contribution in [2.24, 2.45) is 0 Å². The van der Waals surface area contributed by atoms with Gasteiger partial charge in [0, 0.05) is 13.2 Å². The smallest absolute Gasteiger partial charge is 0.0431 e. The zero-order valence-corrected chi connectivity index (χ0v) is 24.2. The van der Waals surface area contributed by atoms with E-state index < -0.39 is 0 Å². The van der Waals surface area contributed by atoms with Crippen molar-refractivity contribution < 1.29 is 10.2 Å². The van der Waals surface area contributed by atoms with Crippen LogP contribution in [0.2, 0.25) is 0 Å². The van der Waals surface area contributed by atoms with E-state index in [1.54, 1.807) is 0 Å². The van der Waals surface area contributed by atoms with Crippen LogP contribution in [-0.4, -0.2) is 23.4 Å². The summed E-state index contributed by atoms with van der Waals surface area (Å²) in [6.45, 7) is 0.742. The second-order valence-electron chi connectivity index (χ2n) is 11.4. The van der Waals surface area contributed by atoms with Gasteiger partial charge < -0.3 is 10.2 Å². The molecule has 0 saturated heterocycles. The van der Waals surface area contributed by atoms with Crippen molar-refractivity contribution in [2.75, 3.05) is 13.2 Å². The van der Waals surface area contributed by atoms with Gasteiger partial charge in [0.2, 0.25) is 0 Å². The van der Waals surface area contributed by atoms with Gasteiger partial charge in [0.25, 0.3) is 0 Å². The highest BCUT2D eigenvalue weighted by Gasteiger charge is 1.97. The van der Waals surface area contributed by atoms with Gasteiger partial charge in [-0.3, -0.25) is 0 Å². The molecule has 0 aromatic carbocycles. The van der Waals surface area contributed by atoms with Gasteiger partial charge in [-0.15, -0.1) is 0 Å². The van der Waals surface area contributed by atoms with E-state index in [4.69, 9.17) is 10.2 Å². The predicted molar refractivity (Wildman–Crippen MR) is 157 cm³/mol. The van der Waals surface area contributed by atoms with Crippen LogP contribution >= 0.6 is 0 Å². The molecule has 2 heteroatoms. The molecule has 0 aromatic rings. The third-order valence-corrected chi connectivity index (χ3v) is 7.82. The van der Waals surface area contributed by atoms with Crippen LogP contribution in [0.25, 0.3) is 0 Å². The molecule has 0 fully saturated rings. The number of aliphatic hydroxyl groups is 2. The summed E-state index contributed by atoms with van der Waals surface area (Å²) in [6.07, 6.45) is 43.2. The second-order valence-corrected chi connectivity index (χ2v) is 11.4. The number of rotatable bonds is 32. The van der Waals surface area contributed by atoms with Gasteiger partial charge in [0.15, 0.2) is 0 Å². The lowest BCUT2D eigenvalue weighted by Gasteiger charge is -2.04. The molecule has 212 valence electrons. The van der Waals surface area contributed by atoms with Crippen LogP contribution in [0.3, 0.4) is 0 Å². The second kappa shape index (κ2) is 33.9. The normalized spacial score (nSPS) is 11.5. The molecule has 0 saturated carbocycles. The summed E-state index contributed by atoms with van der Waals surface area (Å²) in [5.74, 6) is 0. The Morgan fingerprint density at radius 2 is 0.229 bits per heavy atom. The molecule has 0 aliphatic heterocycles. The first-order valence-electron chi connectivity index (χ1n) is 16.6. The maximum absolute atomic E-state index is 8.77. The lowest BCUT2D eigenvalue weighted by molar-refractivity contribution is 0.282. The SMILES string of the molecule is OCCCCCCCCCCCCCCCCCCCCCCCCCCCCCCCCCO. The Balaban J connectivity index is 3.00. The molecule has 2 nitrogen and oxygen atoms in total. The summed E-state index contributed by atoms with van der Waals surface area (Å²) in [6, 6.07) is 0. The average molecular weight is 497 g/mol. The highest BCUT2D eigenvalue weighted by molar-refractivity contribution is 4.52. The number of aliphatic hydroxyl groups excluding tert-OH is 2. The van der Waals surface area contributed by atoms with Crippen LogP contribution in [0.1, 0.15) is 199 Å². The van der Waals surface area contributed by atoms with Crippen molar-refractivity contribution in [3.05, 3.63) is 0 Å². The van der Waals surface area contributed by atoms with Crippen molar-refractivity contribution in [2.45, 2.75) is 199 Å². The van der Waals surface area contributed by atoms with E-state index in [0.29, 0.717) is 13.2 Å². The third-order valence-electron chi connectivity index (χ3n) is 7.82. The molecule has 0 unspecified atom stereocenters. The van der Waals surface area contributed by atoms with E-state index in [9.17, 15) is 0 Å². The zero-order chi connectivity index (χ0) is 25.3. The van der Waals surface area contributed by atoms with E-state index in [0.717, 1.165) is 12.8 Å².